The van der Waals surface area contributed by atoms with Crippen LogP contribution in [0.5, 0.6) is 0 Å². The van der Waals surface area contributed by atoms with Crippen LogP contribution in [0.1, 0.15) is 59.7 Å². The Morgan fingerprint density at radius 2 is 1.84 bits per heavy atom. The summed E-state index contributed by atoms with van der Waals surface area (Å²) in [5.74, 6) is -0.767. The molecule has 1 fully saturated rings. The highest BCUT2D eigenvalue weighted by molar-refractivity contribution is 6.09. The number of benzene rings is 2. The molecule has 2 aliphatic rings. The lowest BCUT2D eigenvalue weighted by molar-refractivity contribution is -0.135. The van der Waals surface area contributed by atoms with Crippen molar-refractivity contribution in [3.05, 3.63) is 69.8 Å². The normalized spacial score (nSPS) is 21.1. The summed E-state index contributed by atoms with van der Waals surface area (Å²) in [4.78, 5) is 39.4. The van der Waals surface area contributed by atoms with Crippen molar-refractivity contribution in [2.45, 2.75) is 58.5 Å². The van der Waals surface area contributed by atoms with E-state index in [9.17, 15) is 14.4 Å². The zero-order valence-corrected chi connectivity index (χ0v) is 18.5. The topological polar surface area (TPSA) is 78.5 Å². The van der Waals surface area contributed by atoms with Crippen molar-refractivity contribution in [1.29, 1.82) is 0 Å². The smallest absolute Gasteiger partial charge is 0.325 e. The molecule has 6 nitrogen and oxygen atoms in total. The monoisotopic (exact) mass is 419 g/mol. The van der Waals surface area contributed by atoms with Crippen molar-refractivity contribution < 1.29 is 14.4 Å². The van der Waals surface area contributed by atoms with E-state index in [-0.39, 0.29) is 18.5 Å². The second-order valence-electron chi connectivity index (χ2n) is 8.92. The number of nitrogens with one attached hydrogen (secondary N) is 2. The van der Waals surface area contributed by atoms with Gasteiger partial charge in [0.1, 0.15) is 12.1 Å². The summed E-state index contributed by atoms with van der Waals surface area (Å²) < 4.78 is 0. The number of urea groups is 1. The third kappa shape index (κ3) is 3.82. The Hall–Kier alpha value is -3.15. The average Bonchev–Trinajstić information content (AvgIpc) is 3.28. The largest absolute Gasteiger partial charge is 0.348 e. The first-order valence-corrected chi connectivity index (χ1v) is 10.8. The highest BCUT2D eigenvalue weighted by Crippen LogP contribution is 2.32. The van der Waals surface area contributed by atoms with Crippen LogP contribution in [0.3, 0.4) is 0 Å². The van der Waals surface area contributed by atoms with Crippen molar-refractivity contribution in [1.82, 2.24) is 15.5 Å². The van der Waals surface area contributed by atoms with Gasteiger partial charge in [0.15, 0.2) is 0 Å². The minimum absolute atomic E-state index is 0.226. The number of hydrogen-bond donors (Lipinski definition) is 2. The minimum atomic E-state index is -1.16. The van der Waals surface area contributed by atoms with Gasteiger partial charge in [0, 0.05) is 0 Å². The molecule has 0 radical (unpaired) electrons. The maximum absolute atomic E-state index is 13.2. The van der Waals surface area contributed by atoms with E-state index in [4.69, 9.17) is 0 Å². The fourth-order valence-corrected chi connectivity index (χ4v) is 4.47. The van der Waals surface area contributed by atoms with E-state index in [2.05, 4.69) is 10.6 Å². The van der Waals surface area contributed by atoms with E-state index >= 15 is 0 Å². The molecule has 162 valence electrons. The molecule has 2 aromatic carbocycles. The van der Waals surface area contributed by atoms with Gasteiger partial charge in [0.2, 0.25) is 5.91 Å². The van der Waals surface area contributed by atoms with Crippen molar-refractivity contribution in [2.75, 3.05) is 6.54 Å². The first-order chi connectivity index (χ1) is 14.7. The molecule has 1 aliphatic carbocycles. The fourth-order valence-electron chi connectivity index (χ4n) is 4.47. The number of imide groups is 1. The van der Waals surface area contributed by atoms with Crippen LogP contribution >= 0.6 is 0 Å². The first kappa shape index (κ1) is 21.1. The Bertz CT molecular complexity index is 1080. The Morgan fingerprint density at radius 1 is 1.10 bits per heavy atom. The number of rotatable bonds is 5. The number of carbonyl (C=O) groups excluding carboxylic acids is 3. The minimum Gasteiger partial charge on any atom is -0.348 e. The molecule has 1 aliphatic heterocycles. The molecule has 0 aromatic heterocycles. The molecule has 0 bridgehead atoms. The van der Waals surface area contributed by atoms with Crippen LogP contribution in [0.15, 0.2) is 36.4 Å². The summed E-state index contributed by atoms with van der Waals surface area (Å²) in [7, 11) is 0. The molecule has 2 unspecified atom stereocenters. The molecule has 2 N–H and O–H groups in total. The van der Waals surface area contributed by atoms with Crippen molar-refractivity contribution in [3.63, 3.8) is 0 Å². The number of aryl methyl sites for hydroxylation is 4. The van der Waals surface area contributed by atoms with Crippen LogP contribution in [0, 0.1) is 13.8 Å². The second kappa shape index (κ2) is 7.84. The lowest BCUT2D eigenvalue weighted by Crippen LogP contribution is -2.43. The van der Waals surface area contributed by atoms with Gasteiger partial charge in [-0.25, -0.2) is 4.79 Å². The second-order valence-corrected chi connectivity index (χ2v) is 8.92. The molecule has 2 atom stereocenters. The van der Waals surface area contributed by atoms with E-state index < -0.39 is 17.5 Å². The maximum Gasteiger partial charge on any atom is 0.325 e. The Labute approximate surface area is 183 Å². The van der Waals surface area contributed by atoms with Crippen LogP contribution < -0.4 is 10.6 Å². The highest BCUT2D eigenvalue weighted by Gasteiger charge is 2.49. The van der Waals surface area contributed by atoms with Gasteiger partial charge in [-0.05, 0) is 80.3 Å². The maximum atomic E-state index is 13.2. The van der Waals surface area contributed by atoms with Crippen molar-refractivity contribution in [2.24, 2.45) is 0 Å². The first-order valence-electron chi connectivity index (χ1n) is 10.8. The molecule has 4 rings (SSSR count). The number of nitrogens with zero attached hydrogens (tertiary/aromatic N) is 1. The van der Waals surface area contributed by atoms with Gasteiger partial charge in [-0.15, -0.1) is 0 Å². The summed E-state index contributed by atoms with van der Waals surface area (Å²) in [6.45, 7) is 7.36. The molecule has 4 amide bonds. The predicted molar refractivity (Wildman–Crippen MR) is 119 cm³/mol. The van der Waals surface area contributed by atoms with E-state index in [0.717, 1.165) is 40.9 Å². The summed E-state index contributed by atoms with van der Waals surface area (Å²) in [5.41, 5.74) is 5.47. The number of hydrogen-bond acceptors (Lipinski definition) is 3. The Kier molecular flexibility index (Phi) is 5.33. The molecular formula is C25H29N3O3. The van der Waals surface area contributed by atoms with E-state index in [0.29, 0.717) is 0 Å². The van der Waals surface area contributed by atoms with Crippen LogP contribution in [0.4, 0.5) is 4.79 Å². The zero-order valence-electron chi connectivity index (χ0n) is 18.5. The molecule has 1 heterocycles. The van der Waals surface area contributed by atoms with Gasteiger partial charge in [-0.3, -0.25) is 14.5 Å². The van der Waals surface area contributed by atoms with Gasteiger partial charge >= 0.3 is 6.03 Å². The standard InChI is InChI=1S/C25H29N3O3/c1-15-8-9-19(12-16(15)2)17(3)26-22(29)14-28-23(30)25(4,27-24(28)31)21-11-10-18-6-5-7-20(18)13-21/h8-13,17H,5-7,14H2,1-4H3,(H,26,29)(H,27,31). The Balaban J connectivity index is 1.46. The fraction of sp³-hybridized carbons (Fsp3) is 0.400. The molecule has 6 heteroatoms. The molecule has 31 heavy (non-hydrogen) atoms. The van der Waals surface area contributed by atoms with Crippen LogP contribution in [0.2, 0.25) is 0 Å². The van der Waals surface area contributed by atoms with Crippen LogP contribution in [-0.2, 0) is 28.0 Å². The van der Waals surface area contributed by atoms with Gasteiger partial charge in [0.05, 0.1) is 6.04 Å². The average molecular weight is 420 g/mol. The third-order valence-electron chi connectivity index (χ3n) is 6.66. The number of carbonyl (C=O) groups is 3. The SMILES string of the molecule is Cc1ccc(C(C)NC(=O)CN2C(=O)NC(C)(c3ccc4c(c3)CCC4)C2=O)cc1C. The van der Waals surface area contributed by atoms with Gasteiger partial charge in [-0.2, -0.15) is 0 Å². The summed E-state index contributed by atoms with van der Waals surface area (Å²) in [6, 6.07) is 11.2. The zero-order chi connectivity index (χ0) is 22.3. The molecule has 1 saturated heterocycles. The van der Waals surface area contributed by atoms with Crippen LogP contribution in [-0.4, -0.2) is 29.3 Å². The van der Waals surface area contributed by atoms with Crippen LogP contribution in [0.25, 0.3) is 0 Å². The quantitative estimate of drug-likeness (QED) is 0.729. The third-order valence-corrected chi connectivity index (χ3v) is 6.66. The van der Waals surface area contributed by atoms with Crippen molar-refractivity contribution in [3.8, 4) is 0 Å². The predicted octanol–water partition coefficient (Wildman–Crippen LogP) is 3.44. The van der Waals surface area contributed by atoms with Gasteiger partial charge < -0.3 is 10.6 Å². The van der Waals surface area contributed by atoms with E-state index in [1.54, 1.807) is 6.92 Å². The lowest BCUT2D eigenvalue weighted by atomic mass is 9.89. The van der Waals surface area contributed by atoms with E-state index in [1.807, 2.05) is 57.2 Å². The summed E-state index contributed by atoms with van der Waals surface area (Å²) in [5, 5.41) is 5.70. The van der Waals surface area contributed by atoms with Gasteiger partial charge in [-0.1, -0.05) is 36.4 Å². The number of fused-ring (bicyclic) bond motifs is 1. The van der Waals surface area contributed by atoms with Gasteiger partial charge in [0.25, 0.3) is 5.91 Å². The number of amides is 4. The Morgan fingerprint density at radius 3 is 2.58 bits per heavy atom. The van der Waals surface area contributed by atoms with Crippen molar-refractivity contribution >= 4 is 17.8 Å². The molecule has 0 saturated carbocycles. The summed E-state index contributed by atoms with van der Waals surface area (Å²) in [6.07, 6.45) is 3.16. The lowest BCUT2D eigenvalue weighted by Gasteiger charge is -2.23. The highest BCUT2D eigenvalue weighted by atomic mass is 16.2. The molecule has 2 aromatic rings. The van der Waals surface area contributed by atoms with E-state index in [1.165, 1.54) is 16.7 Å². The summed E-state index contributed by atoms with van der Waals surface area (Å²) >= 11 is 0. The molecule has 0 spiro atoms. The molecular weight excluding hydrogens is 390 g/mol.